The van der Waals surface area contributed by atoms with Crippen LogP contribution in [0.2, 0.25) is 0 Å². The van der Waals surface area contributed by atoms with Gasteiger partial charge in [0.2, 0.25) is 5.91 Å². The summed E-state index contributed by atoms with van der Waals surface area (Å²) >= 11 is 0. The lowest BCUT2D eigenvalue weighted by molar-refractivity contribution is -0.134. The number of likely N-dealkylation sites (tertiary alicyclic amines) is 1. The molecule has 1 aromatic rings. The Morgan fingerprint density at radius 3 is 2.73 bits per heavy atom. The lowest BCUT2D eigenvalue weighted by Crippen LogP contribution is -2.44. The summed E-state index contributed by atoms with van der Waals surface area (Å²) < 4.78 is 18.5. The standard InChI is InChI=1S/C16H23FN2O3/c1-18(10-12-3-4-15(22-2)14(17)9-12)11-16(21)19-7-5-13(20)6-8-19/h3-4,9,13,20H,5-8,10-11H2,1-2H3. The predicted octanol–water partition coefficient (Wildman–Crippen LogP) is 1.25. The molecule has 0 aliphatic carbocycles. The van der Waals surface area contributed by atoms with Crippen LogP contribution in [-0.4, -0.2) is 60.7 Å². The Balaban J connectivity index is 1.85. The van der Waals surface area contributed by atoms with Crippen LogP contribution in [0.1, 0.15) is 18.4 Å². The molecule has 1 amide bonds. The van der Waals surface area contributed by atoms with E-state index in [2.05, 4.69) is 0 Å². The third-order valence-corrected chi connectivity index (χ3v) is 3.89. The smallest absolute Gasteiger partial charge is 0.236 e. The number of carbonyl (C=O) groups is 1. The molecule has 1 aliphatic heterocycles. The number of ether oxygens (including phenoxy) is 1. The number of amides is 1. The largest absolute Gasteiger partial charge is 0.494 e. The number of hydrogen-bond acceptors (Lipinski definition) is 4. The Kier molecular flexibility index (Phi) is 5.74. The van der Waals surface area contributed by atoms with E-state index < -0.39 is 5.82 Å². The molecule has 1 aliphatic rings. The van der Waals surface area contributed by atoms with Gasteiger partial charge in [-0.2, -0.15) is 0 Å². The average Bonchev–Trinajstić information content (AvgIpc) is 2.48. The highest BCUT2D eigenvalue weighted by molar-refractivity contribution is 5.78. The summed E-state index contributed by atoms with van der Waals surface area (Å²) in [5.41, 5.74) is 0.794. The van der Waals surface area contributed by atoms with Crippen LogP contribution in [0.3, 0.4) is 0 Å². The monoisotopic (exact) mass is 310 g/mol. The molecule has 1 aromatic carbocycles. The fraction of sp³-hybridized carbons (Fsp3) is 0.562. The van der Waals surface area contributed by atoms with Crippen molar-refractivity contribution in [2.45, 2.75) is 25.5 Å². The van der Waals surface area contributed by atoms with Gasteiger partial charge in [-0.25, -0.2) is 4.39 Å². The number of benzene rings is 1. The molecule has 0 unspecified atom stereocenters. The van der Waals surface area contributed by atoms with Crippen LogP contribution in [0.4, 0.5) is 4.39 Å². The van der Waals surface area contributed by atoms with E-state index in [1.54, 1.807) is 17.0 Å². The van der Waals surface area contributed by atoms with Crippen LogP contribution >= 0.6 is 0 Å². The van der Waals surface area contributed by atoms with E-state index in [0.717, 1.165) is 5.56 Å². The van der Waals surface area contributed by atoms with Crippen LogP contribution in [0.25, 0.3) is 0 Å². The summed E-state index contributed by atoms with van der Waals surface area (Å²) in [5.74, 6) is -0.137. The molecule has 0 atom stereocenters. The molecule has 122 valence electrons. The van der Waals surface area contributed by atoms with Crippen molar-refractivity contribution in [3.63, 3.8) is 0 Å². The number of piperidine rings is 1. The van der Waals surface area contributed by atoms with Gasteiger partial charge in [-0.1, -0.05) is 6.07 Å². The first-order chi connectivity index (χ1) is 10.5. The molecule has 22 heavy (non-hydrogen) atoms. The Hall–Kier alpha value is -1.66. The molecule has 1 saturated heterocycles. The highest BCUT2D eigenvalue weighted by Gasteiger charge is 2.22. The van der Waals surface area contributed by atoms with Crippen LogP contribution in [0, 0.1) is 5.82 Å². The van der Waals surface area contributed by atoms with Crippen LogP contribution in [-0.2, 0) is 11.3 Å². The van der Waals surface area contributed by atoms with Crippen molar-refractivity contribution in [1.82, 2.24) is 9.80 Å². The molecule has 0 saturated carbocycles. The number of likely N-dealkylation sites (N-methyl/N-ethyl adjacent to an activating group) is 1. The number of hydrogen-bond donors (Lipinski definition) is 1. The fourth-order valence-corrected chi connectivity index (χ4v) is 2.62. The van der Waals surface area contributed by atoms with Crippen molar-refractivity contribution in [3.05, 3.63) is 29.6 Å². The molecule has 1 heterocycles. The van der Waals surface area contributed by atoms with E-state index in [0.29, 0.717) is 32.5 Å². The van der Waals surface area contributed by atoms with Gasteiger partial charge in [0.25, 0.3) is 0 Å². The molecule has 1 N–H and O–H groups in total. The summed E-state index contributed by atoms with van der Waals surface area (Å²) in [6.45, 7) is 1.98. The van der Waals surface area contributed by atoms with E-state index in [1.165, 1.54) is 13.2 Å². The summed E-state index contributed by atoms with van der Waals surface area (Å²) in [6, 6.07) is 4.81. The van der Waals surface area contributed by atoms with Gasteiger partial charge in [0, 0.05) is 19.6 Å². The molecule has 2 rings (SSSR count). The third-order valence-electron chi connectivity index (χ3n) is 3.89. The first kappa shape index (κ1) is 16.7. The number of nitrogens with zero attached hydrogens (tertiary/aromatic N) is 2. The van der Waals surface area contributed by atoms with Crippen LogP contribution in [0.15, 0.2) is 18.2 Å². The SMILES string of the molecule is COc1ccc(CN(C)CC(=O)N2CCC(O)CC2)cc1F. The second kappa shape index (κ2) is 7.56. The molecular formula is C16H23FN2O3. The van der Waals surface area contributed by atoms with E-state index in [1.807, 2.05) is 11.9 Å². The van der Waals surface area contributed by atoms with Crippen molar-refractivity contribution >= 4 is 5.91 Å². The Bertz CT molecular complexity index is 516. The van der Waals surface area contributed by atoms with Gasteiger partial charge in [0.05, 0.1) is 19.8 Å². The van der Waals surface area contributed by atoms with E-state index >= 15 is 0 Å². The molecule has 0 spiro atoms. The molecule has 0 bridgehead atoms. The molecular weight excluding hydrogens is 287 g/mol. The third kappa shape index (κ3) is 4.42. The highest BCUT2D eigenvalue weighted by atomic mass is 19.1. The van der Waals surface area contributed by atoms with E-state index in [-0.39, 0.29) is 24.3 Å². The lowest BCUT2D eigenvalue weighted by Gasteiger charge is -2.31. The fourth-order valence-electron chi connectivity index (χ4n) is 2.62. The zero-order valence-electron chi connectivity index (χ0n) is 13.1. The molecule has 0 aromatic heterocycles. The predicted molar refractivity (Wildman–Crippen MR) is 81.1 cm³/mol. The summed E-state index contributed by atoms with van der Waals surface area (Å²) in [5, 5.41) is 9.46. The maximum Gasteiger partial charge on any atom is 0.236 e. The average molecular weight is 310 g/mol. The Labute approximate surface area is 130 Å². The first-order valence-electron chi connectivity index (χ1n) is 7.46. The van der Waals surface area contributed by atoms with E-state index in [9.17, 15) is 14.3 Å². The number of halogens is 1. The van der Waals surface area contributed by atoms with Crippen molar-refractivity contribution in [3.8, 4) is 5.75 Å². The number of aliphatic hydroxyl groups is 1. The van der Waals surface area contributed by atoms with Crippen molar-refractivity contribution in [2.24, 2.45) is 0 Å². The lowest BCUT2D eigenvalue weighted by atomic mass is 10.1. The van der Waals surface area contributed by atoms with Gasteiger partial charge in [-0.05, 0) is 37.6 Å². The topological polar surface area (TPSA) is 53.0 Å². The number of aliphatic hydroxyl groups excluding tert-OH is 1. The summed E-state index contributed by atoms with van der Waals surface area (Å²) in [6.07, 6.45) is 0.988. The van der Waals surface area contributed by atoms with Crippen molar-refractivity contribution < 1.29 is 19.0 Å². The minimum absolute atomic E-state index is 0.0448. The second-order valence-corrected chi connectivity index (χ2v) is 5.75. The normalized spacial score (nSPS) is 16.1. The van der Waals surface area contributed by atoms with Gasteiger partial charge in [-0.3, -0.25) is 9.69 Å². The molecule has 5 nitrogen and oxygen atoms in total. The minimum Gasteiger partial charge on any atom is -0.494 e. The minimum atomic E-state index is -0.398. The Morgan fingerprint density at radius 2 is 2.14 bits per heavy atom. The number of rotatable bonds is 5. The van der Waals surface area contributed by atoms with Gasteiger partial charge in [0.1, 0.15) is 0 Å². The quantitative estimate of drug-likeness (QED) is 0.889. The van der Waals surface area contributed by atoms with Crippen molar-refractivity contribution in [1.29, 1.82) is 0 Å². The van der Waals surface area contributed by atoms with Crippen LogP contribution in [0.5, 0.6) is 5.75 Å². The van der Waals surface area contributed by atoms with Gasteiger partial charge in [-0.15, -0.1) is 0 Å². The maximum absolute atomic E-state index is 13.6. The highest BCUT2D eigenvalue weighted by Crippen LogP contribution is 2.18. The van der Waals surface area contributed by atoms with E-state index in [4.69, 9.17) is 4.74 Å². The first-order valence-corrected chi connectivity index (χ1v) is 7.46. The molecule has 1 fully saturated rings. The van der Waals surface area contributed by atoms with Gasteiger partial charge < -0.3 is 14.7 Å². The zero-order valence-corrected chi connectivity index (χ0v) is 13.1. The number of carbonyl (C=O) groups excluding carboxylic acids is 1. The van der Waals surface area contributed by atoms with Gasteiger partial charge in [0.15, 0.2) is 11.6 Å². The maximum atomic E-state index is 13.6. The van der Waals surface area contributed by atoms with Gasteiger partial charge >= 0.3 is 0 Å². The zero-order chi connectivity index (χ0) is 16.1. The Morgan fingerprint density at radius 1 is 1.45 bits per heavy atom. The number of methoxy groups -OCH3 is 1. The molecule has 0 radical (unpaired) electrons. The molecule has 6 heteroatoms. The summed E-state index contributed by atoms with van der Waals surface area (Å²) in [4.78, 5) is 15.8. The van der Waals surface area contributed by atoms with Crippen LogP contribution < -0.4 is 4.74 Å². The van der Waals surface area contributed by atoms with Crippen molar-refractivity contribution in [2.75, 3.05) is 33.8 Å². The summed E-state index contributed by atoms with van der Waals surface area (Å²) in [7, 11) is 3.26. The second-order valence-electron chi connectivity index (χ2n) is 5.75.